The van der Waals surface area contributed by atoms with E-state index in [2.05, 4.69) is 36.3 Å². The molecule has 0 unspecified atom stereocenters. The van der Waals surface area contributed by atoms with Gasteiger partial charge in [-0.05, 0) is 62.1 Å². The lowest BCUT2D eigenvalue weighted by molar-refractivity contribution is -0.121. The van der Waals surface area contributed by atoms with Gasteiger partial charge in [0.25, 0.3) is 0 Å². The van der Waals surface area contributed by atoms with Crippen LogP contribution in [0, 0.1) is 20.8 Å². The molecule has 3 aromatic rings. The Morgan fingerprint density at radius 3 is 2.40 bits per heavy atom. The van der Waals surface area contributed by atoms with Crippen LogP contribution in [-0.4, -0.2) is 16.0 Å². The lowest BCUT2D eigenvalue weighted by Gasteiger charge is -2.15. The Bertz CT molecular complexity index is 923. The van der Waals surface area contributed by atoms with E-state index in [1.165, 1.54) is 11.1 Å². The molecule has 1 aromatic heterocycles. The molecule has 0 saturated heterocycles. The number of phenolic OH excluding ortho intramolecular Hbond substituents is 1. The van der Waals surface area contributed by atoms with Crippen molar-refractivity contribution in [2.24, 2.45) is 0 Å². The lowest BCUT2D eigenvalue weighted by Crippen LogP contribution is -2.28. The van der Waals surface area contributed by atoms with Crippen molar-refractivity contribution in [2.75, 3.05) is 0 Å². The van der Waals surface area contributed by atoms with Crippen LogP contribution < -0.4 is 5.32 Å². The number of aromatic nitrogens is 1. The van der Waals surface area contributed by atoms with E-state index in [1.54, 1.807) is 12.1 Å². The van der Waals surface area contributed by atoms with Crippen LogP contribution >= 0.6 is 0 Å². The highest BCUT2D eigenvalue weighted by Crippen LogP contribution is 2.28. The Morgan fingerprint density at radius 2 is 1.72 bits per heavy atom. The monoisotopic (exact) mass is 336 g/mol. The molecule has 4 heteroatoms. The van der Waals surface area contributed by atoms with Gasteiger partial charge in [-0.25, -0.2) is 0 Å². The summed E-state index contributed by atoms with van der Waals surface area (Å²) >= 11 is 0. The van der Waals surface area contributed by atoms with Gasteiger partial charge < -0.3 is 15.4 Å². The van der Waals surface area contributed by atoms with E-state index < -0.39 is 0 Å². The number of phenols is 1. The molecule has 25 heavy (non-hydrogen) atoms. The van der Waals surface area contributed by atoms with Crippen LogP contribution in [0.4, 0.5) is 0 Å². The van der Waals surface area contributed by atoms with E-state index in [0.29, 0.717) is 6.42 Å². The van der Waals surface area contributed by atoms with Crippen molar-refractivity contribution < 1.29 is 9.90 Å². The highest BCUT2D eigenvalue weighted by atomic mass is 16.3. The molecule has 0 aliphatic carbocycles. The number of carbonyl (C=O) groups is 1. The third-order valence-corrected chi connectivity index (χ3v) is 4.80. The second kappa shape index (κ2) is 6.63. The number of fused-ring (bicyclic) bond motifs is 1. The predicted octanol–water partition coefficient (Wildman–Crippen LogP) is 4.22. The van der Waals surface area contributed by atoms with Gasteiger partial charge in [0.15, 0.2) is 0 Å². The molecule has 4 nitrogen and oxygen atoms in total. The quantitative estimate of drug-likeness (QED) is 0.668. The third kappa shape index (κ3) is 3.38. The van der Waals surface area contributed by atoms with Gasteiger partial charge in [0.1, 0.15) is 5.75 Å². The molecule has 0 aliphatic rings. The van der Waals surface area contributed by atoms with Gasteiger partial charge in [-0.15, -0.1) is 0 Å². The Morgan fingerprint density at radius 1 is 1.08 bits per heavy atom. The standard InChI is InChI=1S/C21H24N2O2/c1-12-5-6-13(2)21-20(12)18(15(4)23-21)11-19(25)22-14(3)16-7-9-17(24)10-8-16/h5-10,14,23-24H,11H2,1-4H3,(H,22,25)/t14-/m1/s1. The summed E-state index contributed by atoms with van der Waals surface area (Å²) in [5, 5.41) is 13.6. The predicted molar refractivity (Wildman–Crippen MR) is 101 cm³/mol. The van der Waals surface area contributed by atoms with E-state index in [-0.39, 0.29) is 17.7 Å². The molecule has 0 saturated carbocycles. The van der Waals surface area contributed by atoms with Gasteiger partial charge in [-0.3, -0.25) is 4.79 Å². The molecule has 3 N–H and O–H groups in total. The van der Waals surface area contributed by atoms with Crippen LogP contribution in [0.3, 0.4) is 0 Å². The number of nitrogens with one attached hydrogen (secondary N) is 2. The van der Waals surface area contributed by atoms with E-state index in [0.717, 1.165) is 27.7 Å². The summed E-state index contributed by atoms with van der Waals surface area (Å²) in [6, 6.07) is 11.0. The molecule has 0 bridgehead atoms. The molecule has 0 radical (unpaired) electrons. The van der Waals surface area contributed by atoms with Crippen molar-refractivity contribution in [3.63, 3.8) is 0 Å². The number of aromatic amines is 1. The number of aryl methyl sites for hydroxylation is 3. The zero-order chi connectivity index (χ0) is 18.1. The summed E-state index contributed by atoms with van der Waals surface area (Å²) in [6.45, 7) is 8.12. The fourth-order valence-corrected chi connectivity index (χ4v) is 3.33. The maximum absolute atomic E-state index is 12.6. The fraction of sp³-hybridized carbons (Fsp3) is 0.286. The molecule has 0 spiro atoms. The summed E-state index contributed by atoms with van der Waals surface area (Å²) in [4.78, 5) is 16.0. The van der Waals surface area contributed by atoms with Gasteiger partial charge in [0.2, 0.25) is 5.91 Å². The van der Waals surface area contributed by atoms with Crippen LogP contribution in [0.15, 0.2) is 36.4 Å². The maximum Gasteiger partial charge on any atom is 0.224 e. The average molecular weight is 336 g/mol. The highest BCUT2D eigenvalue weighted by molar-refractivity contribution is 5.93. The van der Waals surface area contributed by atoms with Crippen molar-refractivity contribution in [3.05, 3.63) is 64.3 Å². The van der Waals surface area contributed by atoms with Gasteiger partial charge in [0.05, 0.1) is 12.5 Å². The van der Waals surface area contributed by atoms with Crippen molar-refractivity contribution >= 4 is 16.8 Å². The number of hydrogen-bond acceptors (Lipinski definition) is 2. The second-order valence-electron chi connectivity index (χ2n) is 6.74. The van der Waals surface area contributed by atoms with Gasteiger partial charge in [-0.2, -0.15) is 0 Å². The van der Waals surface area contributed by atoms with Crippen LogP contribution in [0.5, 0.6) is 5.75 Å². The highest BCUT2D eigenvalue weighted by Gasteiger charge is 2.17. The molecular formula is C21H24N2O2. The molecule has 2 aromatic carbocycles. The first kappa shape index (κ1) is 17.1. The Labute approximate surface area is 147 Å². The zero-order valence-corrected chi connectivity index (χ0v) is 15.1. The number of H-pyrrole nitrogens is 1. The first-order valence-electron chi connectivity index (χ1n) is 8.52. The van der Waals surface area contributed by atoms with Gasteiger partial charge in [0, 0.05) is 16.6 Å². The number of amides is 1. The number of benzene rings is 2. The summed E-state index contributed by atoms with van der Waals surface area (Å²) in [5.74, 6) is 0.216. The van der Waals surface area contributed by atoms with Crippen molar-refractivity contribution in [1.29, 1.82) is 0 Å². The third-order valence-electron chi connectivity index (χ3n) is 4.80. The fourth-order valence-electron chi connectivity index (χ4n) is 3.33. The Kier molecular flexibility index (Phi) is 4.53. The SMILES string of the molecule is Cc1[nH]c2c(C)ccc(C)c2c1CC(=O)N[C@H](C)c1ccc(O)cc1. The largest absolute Gasteiger partial charge is 0.508 e. The average Bonchev–Trinajstić information content (AvgIpc) is 2.89. The summed E-state index contributed by atoms with van der Waals surface area (Å²) in [6.07, 6.45) is 0.346. The first-order chi connectivity index (χ1) is 11.9. The number of hydrogen-bond donors (Lipinski definition) is 3. The summed E-state index contributed by atoms with van der Waals surface area (Å²) < 4.78 is 0. The Balaban J connectivity index is 1.81. The van der Waals surface area contributed by atoms with Crippen LogP contribution in [0.25, 0.3) is 10.9 Å². The minimum Gasteiger partial charge on any atom is -0.508 e. The van der Waals surface area contributed by atoms with Crippen LogP contribution in [-0.2, 0) is 11.2 Å². The van der Waals surface area contributed by atoms with Crippen LogP contribution in [0.1, 0.15) is 40.9 Å². The zero-order valence-electron chi connectivity index (χ0n) is 15.1. The van der Waals surface area contributed by atoms with E-state index in [9.17, 15) is 9.90 Å². The molecule has 1 atom stereocenters. The van der Waals surface area contributed by atoms with E-state index >= 15 is 0 Å². The van der Waals surface area contributed by atoms with E-state index in [4.69, 9.17) is 0 Å². The van der Waals surface area contributed by atoms with Crippen molar-refractivity contribution in [3.8, 4) is 5.75 Å². The molecule has 130 valence electrons. The maximum atomic E-state index is 12.6. The van der Waals surface area contributed by atoms with E-state index in [1.807, 2.05) is 26.0 Å². The first-order valence-corrected chi connectivity index (χ1v) is 8.52. The van der Waals surface area contributed by atoms with Crippen molar-refractivity contribution in [1.82, 2.24) is 10.3 Å². The lowest BCUT2D eigenvalue weighted by atomic mass is 10.0. The van der Waals surface area contributed by atoms with Gasteiger partial charge >= 0.3 is 0 Å². The summed E-state index contributed by atoms with van der Waals surface area (Å²) in [5.41, 5.74) is 6.55. The molecule has 1 amide bonds. The Hall–Kier alpha value is -2.75. The normalized spacial score (nSPS) is 12.3. The van der Waals surface area contributed by atoms with Crippen LogP contribution in [0.2, 0.25) is 0 Å². The minimum absolute atomic E-state index is 0.00881. The summed E-state index contributed by atoms with van der Waals surface area (Å²) in [7, 11) is 0. The van der Waals surface area contributed by atoms with Gasteiger partial charge in [-0.1, -0.05) is 24.3 Å². The molecule has 3 rings (SSSR count). The molecule has 0 fully saturated rings. The second-order valence-corrected chi connectivity index (χ2v) is 6.74. The van der Waals surface area contributed by atoms with Crippen molar-refractivity contribution in [2.45, 2.75) is 40.2 Å². The molecular weight excluding hydrogens is 312 g/mol. The number of rotatable bonds is 4. The topological polar surface area (TPSA) is 65.1 Å². The number of carbonyl (C=O) groups excluding carboxylic acids is 1. The number of aromatic hydroxyl groups is 1. The minimum atomic E-state index is -0.110. The smallest absolute Gasteiger partial charge is 0.224 e. The molecule has 1 heterocycles. The molecule has 0 aliphatic heterocycles.